The zero-order valence-corrected chi connectivity index (χ0v) is 19.9. The maximum atomic E-state index is 12.9. The Kier molecular flexibility index (Phi) is 5.80. The highest BCUT2D eigenvalue weighted by atomic mass is 35.5. The van der Waals surface area contributed by atoms with Crippen LogP contribution in [0, 0.1) is 11.8 Å². The summed E-state index contributed by atoms with van der Waals surface area (Å²) >= 11 is 5.96. The predicted octanol–water partition coefficient (Wildman–Crippen LogP) is 5.38. The van der Waals surface area contributed by atoms with E-state index in [0.29, 0.717) is 22.7 Å². The first-order valence-corrected chi connectivity index (χ1v) is 12.2. The number of carbonyl (C=O) groups excluding carboxylic acids is 1. The number of carbonyl (C=O) groups is 1. The molecular weight excluding hydrogens is 462 g/mol. The minimum absolute atomic E-state index is 0.0522. The SMILES string of the molecule is O=C(Nc1cnc2ccccn12)N1C[C@H]2CN(Cc3cccc(Oc4ccc(Cl)cc4)c3)C[C@H]2C1. The Morgan fingerprint density at radius 1 is 0.971 bits per heavy atom. The number of amides is 2. The number of nitrogens with one attached hydrogen (secondary N) is 1. The Morgan fingerprint density at radius 2 is 1.77 bits per heavy atom. The molecule has 35 heavy (non-hydrogen) atoms. The van der Waals surface area contributed by atoms with E-state index in [1.165, 1.54) is 5.56 Å². The van der Waals surface area contributed by atoms with Crippen molar-refractivity contribution in [2.45, 2.75) is 6.54 Å². The van der Waals surface area contributed by atoms with Gasteiger partial charge in [-0.2, -0.15) is 0 Å². The predicted molar refractivity (Wildman–Crippen MR) is 136 cm³/mol. The lowest BCUT2D eigenvalue weighted by atomic mass is 10.0. The van der Waals surface area contributed by atoms with Gasteiger partial charge in [-0.15, -0.1) is 0 Å². The summed E-state index contributed by atoms with van der Waals surface area (Å²) in [6.07, 6.45) is 3.61. The summed E-state index contributed by atoms with van der Waals surface area (Å²) in [5.41, 5.74) is 2.04. The van der Waals surface area contributed by atoms with Crippen molar-refractivity contribution in [1.29, 1.82) is 0 Å². The average molecular weight is 488 g/mol. The maximum Gasteiger partial charge on any atom is 0.323 e. The molecule has 2 aliphatic rings. The highest BCUT2D eigenvalue weighted by Crippen LogP contribution is 2.33. The van der Waals surface area contributed by atoms with Crippen LogP contribution in [0.15, 0.2) is 79.1 Å². The van der Waals surface area contributed by atoms with E-state index in [1.54, 1.807) is 6.20 Å². The van der Waals surface area contributed by atoms with Crippen LogP contribution in [0.1, 0.15) is 5.56 Å². The van der Waals surface area contributed by atoms with Crippen molar-refractivity contribution >= 4 is 29.1 Å². The average Bonchev–Trinajstić information content (AvgIpc) is 3.55. The fraction of sp³-hybridized carbons (Fsp3) is 0.259. The molecule has 2 saturated heterocycles. The molecule has 1 N–H and O–H groups in total. The topological polar surface area (TPSA) is 62.1 Å². The number of pyridine rings is 1. The van der Waals surface area contributed by atoms with Gasteiger partial charge in [-0.05, 0) is 65.9 Å². The molecule has 0 bridgehead atoms. The first kappa shape index (κ1) is 21.9. The molecule has 7 nitrogen and oxygen atoms in total. The number of nitrogens with zero attached hydrogens (tertiary/aromatic N) is 4. The standard InChI is InChI=1S/C27H26ClN5O2/c28-22-7-9-23(10-8-22)35-24-5-3-4-19(12-24)14-31-15-20-17-32(18-21(20)16-31)27(34)30-26-13-29-25-6-1-2-11-33(25)26/h1-13,20-21H,14-18H2,(H,30,34)/t20-,21+. The normalized spacial score (nSPS) is 19.7. The third-order valence-electron chi connectivity index (χ3n) is 6.86. The number of rotatable bonds is 5. The molecule has 2 aromatic carbocycles. The second-order valence-corrected chi connectivity index (χ2v) is 9.76. The van der Waals surface area contributed by atoms with Crippen molar-refractivity contribution in [3.05, 3.63) is 89.7 Å². The fourth-order valence-corrected chi connectivity index (χ4v) is 5.33. The number of aromatic nitrogens is 2. The van der Waals surface area contributed by atoms with Gasteiger partial charge >= 0.3 is 6.03 Å². The second kappa shape index (κ2) is 9.24. The van der Waals surface area contributed by atoms with Gasteiger partial charge < -0.3 is 9.64 Å². The van der Waals surface area contributed by atoms with Gasteiger partial charge in [-0.3, -0.25) is 14.6 Å². The molecule has 4 aromatic rings. The minimum Gasteiger partial charge on any atom is -0.457 e. The van der Waals surface area contributed by atoms with Gasteiger partial charge in [-0.1, -0.05) is 29.8 Å². The van der Waals surface area contributed by atoms with Crippen molar-refractivity contribution < 1.29 is 9.53 Å². The van der Waals surface area contributed by atoms with Crippen LogP contribution in [0.5, 0.6) is 11.5 Å². The molecule has 4 heterocycles. The zero-order chi connectivity index (χ0) is 23.8. The molecule has 2 fully saturated rings. The first-order chi connectivity index (χ1) is 17.1. The van der Waals surface area contributed by atoms with Crippen LogP contribution < -0.4 is 10.1 Å². The number of halogens is 1. The van der Waals surface area contributed by atoms with E-state index >= 15 is 0 Å². The van der Waals surface area contributed by atoms with Gasteiger partial charge in [0, 0.05) is 43.9 Å². The fourth-order valence-electron chi connectivity index (χ4n) is 5.20. The van der Waals surface area contributed by atoms with Crippen LogP contribution >= 0.6 is 11.6 Å². The minimum atomic E-state index is -0.0522. The molecule has 2 aliphatic heterocycles. The number of urea groups is 1. The molecule has 8 heteroatoms. The van der Waals surface area contributed by atoms with Crippen LogP contribution in [-0.4, -0.2) is 51.4 Å². The summed E-state index contributed by atoms with van der Waals surface area (Å²) in [7, 11) is 0. The van der Waals surface area contributed by atoms with E-state index in [4.69, 9.17) is 16.3 Å². The number of likely N-dealkylation sites (tertiary alicyclic amines) is 2. The third kappa shape index (κ3) is 4.70. The molecule has 0 radical (unpaired) electrons. The van der Waals surface area contributed by atoms with Crippen molar-refractivity contribution in [3.8, 4) is 11.5 Å². The van der Waals surface area contributed by atoms with Gasteiger partial charge in [0.1, 0.15) is 23.0 Å². The molecule has 0 spiro atoms. The molecule has 2 amide bonds. The molecule has 0 unspecified atom stereocenters. The van der Waals surface area contributed by atoms with Crippen molar-refractivity contribution in [1.82, 2.24) is 19.2 Å². The van der Waals surface area contributed by atoms with Crippen molar-refractivity contribution in [3.63, 3.8) is 0 Å². The van der Waals surface area contributed by atoms with E-state index in [2.05, 4.69) is 27.3 Å². The van der Waals surface area contributed by atoms with Gasteiger partial charge in [0.25, 0.3) is 0 Å². The van der Waals surface area contributed by atoms with Gasteiger partial charge in [0.15, 0.2) is 0 Å². The van der Waals surface area contributed by atoms with Crippen molar-refractivity contribution in [2.75, 3.05) is 31.5 Å². The summed E-state index contributed by atoms with van der Waals surface area (Å²) in [6.45, 7) is 4.42. The highest BCUT2D eigenvalue weighted by molar-refractivity contribution is 6.30. The number of hydrogen-bond donors (Lipinski definition) is 1. The molecule has 6 rings (SSSR count). The third-order valence-corrected chi connectivity index (χ3v) is 7.11. The maximum absolute atomic E-state index is 12.9. The number of ether oxygens (including phenoxy) is 1. The smallest absolute Gasteiger partial charge is 0.323 e. The monoisotopic (exact) mass is 487 g/mol. The van der Waals surface area contributed by atoms with E-state index in [9.17, 15) is 4.79 Å². The summed E-state index contributed by atoms with van der Waals surface area (Å²) < 4.78 is 7.88. The quantitative estimate of drug-likeness (QED) is 0.411. The van der Waals surface area contributed by atoms with Crippen molar-refractivity contribution in [2.24, 2.45) is 11.8 Å². The first-order valence-electron chi connectivity index (χ1n) is 11.8. The van der Waals surface area contributed by atoms with Gasteiger partial charge in [0.05, 0.1) is 6.20 Å². The second-order valence-electron chi connectivity index (χ2n) is 9.33. The van der Waals surface area contributed by atoms with Crippen LogP contribution in [0.3, 0.4) is 0 Å². The van der Waals surface area contributed by atoms with E-state index in [1.807, 2.05) is 70.1 Å². The largest absolute Gasteiger partial charge is 0.457 e. The summed E-state index contributed by atoms with van der Waals surface area (Å²) in [5.74, 6) is 3.28. The zero-order valence-electron chi connectivity index (χ0n) is 19.2. The number of anilines is 1. The highest BCUT2D eigenvalue weighted by Gasteiger charge is 2.41. The summed E-state index contributed by atoms with van der Waals surface area (Å²) in [6, 6.07) is 21.4. The molecular formula is C27H26ClN5O2. The van der Waals surface area contributed by atoms with E-state index in [-0.39, 0.29) is 6.03 Å². The van der Waals surface area contributed by atoms with Gasteiger partial charge in [-0.25, -0.2) is 9.78 Å². The lowest BCUT2D eigenvalue weighted by Crippen LogP contribution is -2.36. The Balaban J connectivity index is 1.03. The summed E-state index contributed by atoms with van der Waals surface area (Å²) in [5, 5.41) is 3.72. The van der Waals surface area contributed by atoms with Crippen LogP contribution in [0.2, 0.25) is 5.02 Å². The molecule has 0 saturated carbocycles. The van der Waals surface area contributed by atoms with Crippen LogP contribution in [0.4, 0.5) is 10.6 Å². The molecule has 2 aromatic heterocycles. The van der Waals surface area contributed by atoms with Crippen LogP contribution in [0.25, 0.3) is 5.65 Å². The lowest BCUT2D eigenvalue weighted by Gasteiger charge is -2.22. The Labute approximate surface area is 208 Å². The number of imidazole rings is 1. The molecule has 178 valence electrons. The molecule has 2 atom stereocenters. The van der Waals surface area contributed by atoms with E-state index < -0.39 is 0 Å². The number of benzene rings is 2. The Hall–Kier alpha value is -3.55. The van der Waals surface area contributed by atoms with E-state index in [0.717, 1.165) is 49.9 Å². The number of fused-ring (bicyclic) bond motifs is 2. The summed E-state index contributed by atoms with van der Waals surface area (Å²) in [4.78, 5) is 21.7. The van der Waals surface area contributed by atoms with Gasteiger partial charge in [0.2, 0.25) is 0 Å². The number of hydrogen-bond acceptors (Lipinski definition) is 4. The Bertz CT molecular complexity index is 1340. The molecule has 0 aliphatic carbocycles. The van der Waals surface area contributed by atoms with Crippen LogP contribution in [-0.2, 0) is 6.54 Å². The Morgan fingerprint density at radius 3 is 2.57 bits per heavy atom. The lowest BCUT2D eigenvalue weighted by molar-refractivity contribution is 0.211.